The van der Waals surface area contributed by atoms with Crippen molar-refractivity contribution in [2.24, 2.45) is 0 Å². The van der Waals surface area contributed by atoms with Crippen molar-refractivity contribution < 1.29 is 5.11 Å². The minimum absolute atomic E-state index is 0.383. The first-order chi connectivity index (χ1) is 9.06. The summed E-state index contributed by atoms with van der Waals surface area (Å²) in [7, 11) is 2.18. The molecule has 106 valence electrons. The number of aliphatic hydroxyl groups is 1. The van der Waals surface area contributed by atoms with Gasteiger partial charge in [-0.2, -0.15) is 0 Å². The van der Waals surface area contributed by atoms with Crippen molar-refractivity contribution in [1.29, 1.82) is 0 Å². The quantitative estimate of drug-likeness (QED) is 0.903. The average Bonchev–Trinajstić information content (AvgIpc) is 2.52. The van der Waals surface area contributed by atoms with Gasteiger partial charge < -0.3 is 10.0 Å². The first-order valence-corrected chi connectivity index (χ1v) is 7.23. The third kappa shape index (κ3) is 4.03. The van der Waals surface area contributed by atoms with Crippen LogP contribution in [0.25, 0.3) is 0 Å². The van der Waals surface area contributed by atoms with Gasteiger partial charge in [0.05, 0.1) is 6.10 Å². The van der Waals surface area contributed by atoms with E-state index < -0.39 is 0 Å². The summed E-state index contributed by atoms with van der Waals surface area (Å²) in [6.07, 6.45) is 0.799. The Morgan fingerprint density at radius 1 is 1.26 bits per heavy atom. The first kappa shape index (κ1) is 14.5. The predicted octanol–water partition coefficient (Wildman–Crippen LogP) is 2.05. The van der Waals surface area contributed by atoms with Crippen LogP contribution in [0, 0.1) is 6.92 Å². The van der Waals surface area contributed by atoms with E-state index in [-0.39, 0.29) is 6.10 Å². The Morgan fingerprint density at radius 3 is 2.63 bits per heavy atom. The highest BCUT2D eigenvalue weighted by Crippen LogP contribution is 2.18. The SMILES string of the molecule is Cc1ccc(C(O)CN2CCCN(C)CC2C)cc1. The van der Waals surface area contributed by atoms with Crippen LogP contribution in [-0.2, 0) is 0 Å². The van der Waals surface area contributed by atoms with E-state index in [1.54, 1.807) is 0 Å². The fraction of sp³-hybridized carbons (Fsp3) is 0.625. The molecule has 2 rings (SSSR count). The largest absolute Gasteiger partial charge is 0.387 e. The van der Waals surface area contributed by atoms with Gasteiger partial charge in [0.25, 0.3) is 0 Å². The van der Waals surface area contributed by atoms with Crippen LogP contribution in [0.1, 0.15) is 30.6 Å². The third-order valence-corrected chi connectivity index (χ3v) is 4.05. The van der Waals surface area contributed by atoms with Gasteiger partial charge in [0.2, 0.25) is 0 Å². The molecule has 0 radical (unpaired) electrons. The molecule has 0 spiro atoms. The summed E-state index contributed by atoms with van der Waals surface area (Å²) >= 11 is 0. The topological polar surface area (TPSA) is 26.7 Å². The maximum atomic E-state index is 10.4. The molecule has 2 unspecified atom stereocenters. The van der Waals surface area contributed by atoms with Gasteiger partial charge in [0.1, 0.15) is 0 Å². The molecule has 0 aromatic heterocycles. The summed E-state index contributed by atoms with van der Waals surface area (Å²) in [5, 5.41) is 10.4. The lowest BCUT2D eigenvalue weighted by atomic mass is 10.1. The lowest BCUT2D eigenvalue weighted by molar-refractivity contribution is 0.0920. The van der Waals surface area contributed by atoms with Crippen LogP contribution in [0.2, 0.25) is 0 Å². The van der Waals surface area contributed by atoms with E-state index >= 15 is 0 Å². The highest BCUT2D eigenvalue weighted by atomic mass is 16.3. The van der Waals surface area contributed by atoms with Gasteiger partial charge in [-0.1, -0.05) is 29.8 Å². The van der Waals surface area contributed by atoms with E-state index in [1.807, 2.05) is 12.1 Å². The maximum Gasteiger partial charge on any atom is 0.0917 e. The molecule has 3 nitrogen and oxygen atoms in total. The number of benzene rings is 1. The minimum atomic E-state index is -0.383. The zero-order valence-corrected chi connectivity index (χ0v) is 12.3. The molecule has 1 aromatic carbocycles. The van der Waals surface area contributed by atoms with Crippen LogP contribution in [-0.4, -0.2) is 54.2 Å². The van der Waals surface area contributed by atoms with Gasteiger partial charge in [-0.25, -0.2) is 0 Å². The Bertz CT molecular complexity index is 390. The summed E-state index contributed by atoms with van der Waals surface area (Å²) in [5.41, 5.74) is 2.26. The number of hydrogen-bond acceptors (Lipinski definition) is 3. The summed E-state index contributed by atoms with van der Waals surface area (Å²) in [4.78, 5) is 4.79. The predicted molar refractivity (Wildman–Crippen MR) is 79.3 cm³/mol. The minimum Gasteiger partial charge on any atom is -0.387 e. The average molecular weight is 262 g/mol. The van der Waals surface area contributed by atoms with Gasteiger partial charge in [0.15, 0.2) is 0 Å². The normalized spacial score (nSPS) is 24.1. The number of rotatable bonds is 3. The summed E-state index contributed by atoms with van der Waals surface area (Å²) in [6, 6.07) is 8.71. The lowest BCUT2D eigenvalue weighted by Crippen LogP contribution is -2.40. The van der Waals surface area contributed by atoms with Crippen LogP contribution in [0.15, 0.2) is 24.3 Å². The molecular formula is C16H26N2O. The van der Waals surface area contributed by atoms with E-state index in [2.05, 4.69) is 42.8 Å². The van der Waals surface area contributed by atoms with Crippen LogP contribution >= 0.6 is 0 Å². The second-order valence-electron chi connectivity index (χ2n) is 5.89. The molecule has 0 saturated carbocycles. The van der Waals surface area contributed by atoms with Crippen molar-refractivity contribution in [2.75, 3.05) is 33.2 Å². The number of β-amino-alcohol motifs (C(OH)–C–C–N with tert-alkyl or cyclic N) is 1. The van der Waals surface area contributed by atoms with Crippen LogP contribution < -0.4 is 0 Å². The Labute approximate surface area is 116 Å². The van der Waals surface area contributed by atoms with E-state index in [1.165, 1.54) is 12.0 Å². The molecule has 1 fully saturated rings. The Balaban J connectivity index is 1.97. The monoisotopic (exact) mass is 262 g/mol. The van der Waals surface area contributed by atoms with Gasteiger partial charge in [0, 0.05) is 19.1 Å². The number of likely N-dealkylation sites (N-methyl/N-ethyl adjacent to an activating group) is 1. The molecule has 1 aliphatic heterocycles. The van der Waals surface area contributed by atoms with Crippen molar-refractivity contribution in [3.8, 4) is 0 Å². The number of aliphatic hydroxyl groups excluding tert-OH is 1. The molecule has 1 aromatic rings. The van der Waals surface area contributed by atoms with E-state index in [9.17, 15) is 5.11 Å². The standard InChI is InChI=1S/C16H26N2O/c1-13-5-7-15(8-6-13)16(19)12-18-10-4-9-17(3)11-14(18)2/h5-8,14,16,19H,4,9-12H2,1-3H3. The van der Waals surface area contributed by atoms with Crippen LogP contribution in [0.3, 0.4) is 0 Å². The molecule has 1 heterocycles. The van der Waals surface area contributed by atoms with Gasteiger partial charge in [-0.05, 0) is 46.0 Å². The smallest absolute Gasteiger partial charge is 0.0917 e. The molecule has 19 heavy (non-hydrogen) atoms. The number of aryl methyl sites for hydroxylation is 1. The third-order valence-electron chi connectivity index (χ3n) is 4.05. The van der Waals surface area contributed by atoms with Crippen molar-refractivity contribution in [2.45, 2.75) is 32.4 Å². The molecular weight excluding hydrogens is 236 g/mol. The van der Waals surface area contributed by atoms with Crippen LogP contribution in [0.5, 0.6) is 0 Å². The van der Waals surface area contributed by atoms with E-state index in [0.717, 1.165) is 31.7 Å². The second kappa shape index (κ2) is 6.51. The van der Waals surface area contributed by atoms with E-state index in [0.29, 0.717) is 6.04 Å². The molecule has 1 saturated heterocycles. The Kier molecular flexibility index (Phi) is 4.97. The second-order valence-corrected chi connectivity index (χ2v) is 5.89. The number of hydrogen-bond donors (Lipinski definition) is 1. The lowest BCUT2D eigenvalue weighted by Gasteiger charge is -2.29. The Morgan fingerprint density at radius 2 is 1.95 bits per heavy atom. The van der Waals surface area contributed by atoms with Crippen molar-refractivity contribution in [3.05, 3.63) is 35.4 Å². The molecule has 2 atom stereocenters. The van der Waals surface area contributed by atoms with Gasteiger partial charge >= 0.3 is 0 Å². The number of nitrogens with zero attached hydrogens (tertiary/aromatic N) is 2. The summed E-state index contributed by atoms with van der Waals surface area (Å²) in [5.74, 6) is 0. The highest BCUT2D eigenvalue weighted by molar-refractivity contribution is 5.23. The summed E-state index contributed by atoms with van der Waals surface area (Å²) in [6.45, 7) is 8.38. The molecule has 0 aliphatic carbocycles. The van der Waals surface area contributed by atoms with Crippen molar-refractivity contribution in [1.82, 2.24) is 9.80 Å². The molecule has 1 N–H and O–H groups in total. The maximum absolute atomic E-state index is 10.4. The highest BCUT2D eigenvalue weighted by Gasteiger charge is 2.22. The first-order valence-electron chi connectivity index (χ1n) is 7.23. The molecule has 0 amide bonds. The molecule has 3 heteroatoms. The summed E-state index contributed by atoms with van der Waals surface area (Å²) < 4.78 is 0. The van der Waals surface area contributed by atoms with Crippen molar-refractivity contribution >= 4 is 0 Å². The Hall–Kier alpha value is -0.900. The molecule has 1 aliphatic rings. The molecule has 0 bridgehead atoms. The van der Waals surface area contributed by atoms with Crippen LogP contribution in [0.4, 0.5) is 0 Å². The van der Waals surface area contributed by atoms with Gasteiger partial charge in [-0.3, -0.25) is 4.90 Å². The van der Waals surface area contributed by atoms with Crippen molar-refractivity contribution in [3.63, 3.8) is 0 Å². The zero-order valence-electron chi connectivity index (χ0n) is 12.3. The van der Waals surface area contributed by atoms with Gasteiger partial charge in [-0.15, -0.1) is 0 Å². The zero-order chi connectivity index (χ0) is 13.8. The fourth-order valence-electron chi connectivity index (χ4n) is 2.81. The fourth-order valence-corrected chi connectivity index (χ4v) is 2.81. The van der Waals surface area contributed by atoms with E-state index in [4.69, 9.17) is 0 Å².